The van der Waals surface area contributed by atoms with E-state index in [1.165, 1.54) is 6.42 Å². The van der Waals surface area contributed by atoms with Crippen LogP contribution >= 0.6 is 27.5 Å². The van der Waals surface area contributed by atoms with Gasteiger partial charge >= 0.3 is 0 Å². The quantitative estimate of drug-likeness (QED) is 0.812. The summed E-state index contributed by atoms with van der Waals surface area (Å²) in [6.07, 6.45) is 1.20. The van der Waals surface area contributed by atoms with Crippen molar-refractivity contribution in [1.29, 1.82) is 0 Å². The van der Waals surface area contributed by atoms with Gasteiger partial charge in [-0.3, -0.25) is 0 Å². The van der Waals surface area contributed by atoms with Crippen molar-refractivity contribution in [2.75, 3.05) is 0 Å². The first kappa shape index (κ1) is 9.35. The first-order valence-electron chi connectivity index (χ1n) is 4.27. The summed E-state index contributed by atoms with van der Waals surface area (Å²) in [7, 11) is 0. The average molecular weight is 262 g/mol. The monoisotopic (exact) mass is 260 g/mol. The van der Waals surface area contributed by atoms with Gasteiger partial charge in [-0.1, -0.05) is 34.5 Å². The second-order valence-electron chi connectivity index (χ2n) is 3.64. The third-order valence-electron chi connectivity index (χ3n) is 2.54. The Morgan fingerprint density at radius 1 is 1.54 bits per heavy atom. The van der Waals surface area contributed by atoms with E-state index in [4.69, 9.17) is 11.6 Å². The summed E-state index contributed by atoms with van der Waals surface area (Å²) in [6.45, 7) is 2.21. The Bertz CT molecular complexity index is 328. The molecule has 13 heavy (non-hydrogen) atoms. The van der Waals surface area contributed by atoms with Gasteiger partial charge in [0.2, 0.25) is 0 Å². The van der Waals surface area contributed by atoms with Gasteiger partial charge < -0.3 is 5.11 Å². The predicted octanol–water partition coefficient (Wildman–Crippen LogP) is 3.93. The number of halogens is 2. The standard InChI is InChI=1S/C10H10BrClO/c1-5-2-7(5)10-8(11)3-6(13)4-9(10)12/h3-5,7,13H,2H2,1H3. The molecule has 0 saturated heterocycles. The van der Waals surface area contributed by atoms with Crippen molar-refractivity contribution < 1.29 is 5.11 Å². The molecule has 0 aromatic heterocycles. The Kier molecular flexibility index (Phi) is 2.28. The third-order valence-corrected chi connectivity index (χ3v) is 3.51. The van der Waals surface area contributed by atoms with Crippen molar-refractivity contribution in [1.82, 2.24) is 0 Å². The molecule has 0 spiro atoms. The van der Waals surface area contributed by atoms with Crippen molar-refractivity contribution in [3.05, 3.63) is 27.2 Å². The highest BCUT2D eigenvalue weighted by molar-refractivity contribution is 9.10. The molecule has 0 amide bonds. The van der Waals surface area contributed by atoms with E-state index in [1.807, 2.05) is 0 Å². The summed E-state index contributed by atoms with van der Waals surface area (Å²) in [5.41, 5.74) is 1.15. The van der Waals surface area contributed by atoms with Gasteiger partial charge in [0.05, 0.1) is 0 Å². The Morgan fingerprint density at radius 2 is 2.15 bits per heavy atom. The van der Waals surface area contributed by atoms with Gasteiger partial charge in [-0.05, 0) is 36.0 Å². The van der Waals surface area contributed by atoms with Gasteiger partial charge in [-0.2, -0.15) is 0 Å². The van der Waals surface area contributed by atoms with Gasteiger partial charge in [0, 0.05) is 9.50 Å². The number of phenolic OH excluding ortho intramolecular Hbond substituents is 1. The predicted molar refractivity (Wildman–Crippen MR) is 57.3 cm³/mol. The highest BCUT2D eigenvalue weighted by atomic mass is 79.9. The van der Waals surface area contributed by atoms with Crippen LogP contribution in [0.4, 0.5) is 0 Å². The molecule has 1 saturated carbocycles. The van der Waals surface area contributed by atoms with Crippen molar-refractivity contribution in [3.8, 4) is 5.75 Å². The van der Waals surface area contributed by atoms with Gasteiger partial charge in [-0.25, -0.2) is 0 Å². The minimum atomic E-state index is 0.217. The zero-order valence-corrected chi connectivity index (χ0v) is 9.56. The molecule has 2 rings (SSSR count). The number of rotatable bonds is 1. The lowest BCUT2D eigenvalue weighted by molar-refractivity contribution is 0.474. The van der Waals surface area contributed by atoms with Gasteiger partial charge in [0.1, 0.15) is 5.75 Å². The molecule has 2 unspecified atom stereocenters. The van der Waals surface area contributed by atoms with Crippen LogP contribution in [0.1, 0.15) is 24.8 Å². The maximum absolute atomic E-state index is 9.27. The lowest BCUT2D eigenvalue weighted by Gasteiger charge is -2.06. The highest BCUT2D eigenvalue weighted by Gasteiger charge is 2.36. The lowest BCUT2D eigenvalue weighted by Crippen LogP contribution is -1.85. The summed E-state index contributed by atoms with van der Waals surface area (Å²) in [4.78, 5) is 0. The lowest BCUT2D eigenvalue weighted by atomic mass is 10.1. The Hall–Kier alpha value is -0.210. The number of aromatic hydroxyl groups is 1. The summed E-state index contributed by atoms with van der Waals surface area (Å²) < 4.78 is 0.923. The molecule has 1 aliphatic rings. The minimum absolute atomic E-state index is 0.217. The number of hydrogen-bond acceptors (Lipinski definition) is 1. The second kappa shape index (κ2) is 3.18. The van der Waals surface area contributed by atoms with Crippen LogP contribution in [0.5, 0.6) is 5.75 Å². The summed E-state index contributed by atoms with van der Waals surface area (Å²) in [5.74, 6) is 1.51. The molecule has 1 fully saturated rings. The van der Waals surface area contributed by atoms with Crippen LogP contribution in [0.2, 0.25) is 5.02 Å². The van der Waals surface area contributed by atoms with Crippen molar-refractivity contribution >= 4 is 27.5 Å². The number of hydrogen-bond donors (Lipinski definition) is 1. The maximum atomic E-state index is 9.27. The van der Waals surface area contributed by atoms with Crippen LogP contribution in [0.15, 0.2) is 16.6 Å². The average Bonchev–Trinajstić information content (AvgIpc) is 2.64. The largest absolute Gasteiger partial charge is 0.508 e. The summed E-state index contributed by atoms with van der Waals surface area (Å²) in [6, 6.07) is 3.30. The van der Waals surface area contributed by atoms with Crippen molar-refractivity contribution in [3.63, 3.8) is 0 Å². The smallest absolute Gasteiger partial charge is 0.118 e. The molecule has 0 heterocycles. The SMILES string of the molecule is CC1CC1c1c(Cl)cc(O)cc1Br. The third kappa shape index (κ3) is 1.70. The number of phenols is 1. The molecule has 1 aromatic rings. The van der Waals surface area contributed by atoms with Crippen molar-refractivity contribution in [2.24, 2.45) is 5.92 Å². The van der Waals surface area contributed by atoms with Crippen LogP contribution in [0.25, 0.3) is 0 Å². The summed E-state index contributed by atoms with van der Waals surface area (Å²) >= 11 is 9.47. The van der Waals surface area contributed by atoms with Crippen LogP contribution in [0, 0.1) is 5.92 Å². The maximum Gasteiger partial charge on any atom is 0.118 e. The summed E-state index contributed by atoms with van der Waals surface area (Å²) in [5, 5.41) is 9.94. The van der Waals surface area contributed by atoms with E-state index in [0.717, 1.165) is 16.0 Å². The van der Waals surface area contributed by atoms with E-state index in [-0.39, 0.29) is 5.75 Å². The van der Waals surface area contributed by atoms with Gasteiger partial charge in [-0.15, -0.1) is 0 Å². The van der Waals surface area contributed by atoms with E-state index in [1.54, 1.807) is 12.1 Å². The normalized spacial score (nSPS) is 26.1. The zero-order chi connectivity index (χ0) is 9.59. The molecular formula is C10H10BrClO. The molecule has 2 atom stereocenters. The van der Waals surface area contributed by atoms with E-state index in [0.29, 0.717) is 10.9 Å². The Labute approximate surface area is 90.9 Å². The fourth-order valence-electron chi connectivity index (χ4n) is 1.65. The molecule has 70 valence electrons. The van der Waals surface area contributed by atoms with Crippen LogP contribution in [-0.4, -0.2) is 5.11 Å². The minimum Gasteiger partial charge on any atom is -0.508 e. The molecule has 3 heteroatoms. The Balaban J connectivity index is 2.45. The first-order chi connectivity index (χ1) is 6.09. The second-order valence-corrected chi connectivity index (χ2v) is 4.90. The van der Waals surface area contributed by atoms with Crippen LogP contribution in [-0.2, 0) is 0 Å². The van der Waals surface area contributed by atoms with E-state index in [9.17, 15) is 5.11 Å². The fourth-order valence-corrected chi connectivity index (χ4v) is 2.86. The zero-order valence-electron chi connectivity index (χ0n) is 7.22. The molecular weight excluding hydrogens is 251 g/mol. The molecule has 0 radical (unpaired) electrons. The Morgan fingerprint density at radius 3 is 2.62 bits per heavy atom. The number of benzene rings is 1. The topological polar surface area (TPSA) is 20.2 Å². The van der Waals surface area contributed by atoms with Crippen LogP contribution in [0.3, 0.4) is 0 Å². The molecule has 1 N–H and O–H groups in total. The van der Waals surface area contributed by atoms with E-state index >= 15 is 0 Å². The van der Waals surface area contributed by atoms with Crippen LogP contribution < -0.4 is 0 Å². The van der Waals surface area contributed by atoms with Crippen molar-refractivity contribution in [2.45, 2.75) is 19.3 Å². The van der Waals surface area contributed by atoms with Gasteiger partial charge in [0.25, 0.3) is 0 Å². The van der Waals surface area contributed by atoms with E-state index in [2.05, 4.69) is 22.9 Å². The molecule has 0 bridgehead atoms. The highest BCUT2D eigenvalue weighted by Crippen LogP contribution is 2.52. The molecule has 0 aliphatic heterocycles. The molecule has 1 aliphatic carbocycles. The van der Waals surface area contributed by atoms with Gasteiger partial charge in [0.15, 0.2) is 0 Å². The fraction of sp³-hybridized carbons (Fsp3) is 0.400. The molecule has 1 aromatic carbocycles. The van der Waals surface area contributed by atoms with E-state index < -0.39 is 0 Å². The first-order valence-corrected chi connectivity index (χ1v) is 5.44. The molecule has 1 nitrogen and oxygen atoms in total.